The quantitative estimate of drug-likeness (QED) is 0.888. The summed E-state index contributed by atoms with van der Waals surface area (Å²) in [5, 5.41) is 3.01. The van der Waals surface area contributed by atoms with Gasteiger partial charge in [-0.3, -0.25) is 9.78 Å². The third kappa shape index (κ3) is 2.92. The summed E-state index contributed by atoms with van der Waals surface area (Å²) in [6.07, 6.45) is 3.06. The van der Waals surface area contributed by atoms with Gasteiger partial charge in [-0.05, 0) is 6.07 Å². The average Bonchev–Trinajstić information content (AvgIpc) is 2.82. The van der Waals surface area contributed by atoms with E-state index in [0.29, 0.717) is 12.1 Å². The van der Waals surface area contributed by atoms with Crippen molar-refractivity contribution >= 4 is 34.7 Å². The average molecular weight is 269 g/mol. The van der Waals surface area contributed by atoms with Gasteiger partial charge in [-0.1, -0.05) is 11.6 Å². The van der Waals surface area contributed by atoms with Gasteiger partial charge in [0.15, 0.2) is 0 Å². The summed E-state index contributed by atoms with van der Waals surface area (Å²) in [4.78, 5) is 20.5. The van der Waals surface area contributed by atoms with Crippen molar-refractivity contribution in [1.82, 2.24) is 15.3 Å². The molecule has 2 aromatic heterocycles. The second kappa shape index (κ2) is 5.11. The highest BCUT2D eigenvalue weighted by molar-refractivity contribution is 7.09. The van der Waals surface area contributed by atoms with Crippen LogP contribution in [0.1, 0.15) is 15.2 Å². The van der Waals surface area contributed by atoms with Gasteiger partial charge in [0.25, 0.3) is 5.91 Å². The van der Waals surface area contributed by atoms with Crippen molar-refractivity contribution in [2.75, 3.05) is 5.73 Å². The number of amides is 1. The number of hydrogen-bond donors (Lipinski definition) is 2. The van der Waals surface area contributed by atoms with Crippen molar-refractivity contribution in [3.8, 4) is 0 Å². The van der Waals surface area contributed by atoms with Crippen molar-refractivity contribution in [2.24, 2.45) is 0 Å². The van der Waals surface area contributed by atoms with Crippen LogP contribution in [0.25, 0.3) is 0 Å². The Morgan fingerprint density at radius 2 is 2.35 bits per heavy atom. The highest BCUT2D eigenvalue weighted by atomic mass is 35.5. The van der Waals surface area contributed by atoms with Crippen LogP contribution in [0.2, 0.25) is 5.02 Å². The Bertz CT molecular complexity index is 529. The van der Waals surface area contributed by atoms with Gasteiger partial charge in [0.05, 0.1) is 22.6 Å². The molecule has 2 heterocycles. The molecule has 0 spiro atoms. The molecule has 2 aromatic rings. The van der Waals surface area contributed by atoms with Crippen LogP contribution in [0.3, 0.4) is 0 Å². The first kappa shape index (κ1) is 11.8. The molecule has 5 nitrogen and oxygen atoms in total. The van der Waals surface area contributed by atoms with E-state index < -0.39 is 0 Å². The Balaban J connectivity index is 2.07. The van der Waals surface area contributed by atoms with E-state index in [0.717, 1.165) is 4.88 Å². The minimum atomic E-state index is -0.280. The Kier molecular flexibility index (Phi) is 3.55. The Morgan fingerprint density at radius 1 is 1.53 bits per heavy atom. The summed E-state index contributed by atoms with van der Waals surface area (Å²) in [7, 11) is 0. The van der Waals surface area contributed by atoms with E-state index in [4.69, 9.17) is 17.3 Å². The second-order valence-corrected chi connectivity index (χ2v) is 4.62. The maximum absolute atomic E-state index is 11.8. The smallest absolute Gasteiger partial charge is 0.253 e. The summed E-state index contributed by atoms with van der Waals surface area (Å²) < 4.78 is 0. The number of nitrogens with one attached hydrogen (secondary N) is 1. The Hall–Kier alpha value is -1.66. The number of halogens is 1. The molecule has 2 rings (SSSR count). The van der Waals surface area contributed by atoms with Crippen LogP contribution in [-0.4, -0.2) is 15.9 Å². The molecular formula is C10H9ClN4OS. The first-order valence-corrected chi connectivity index (χ1v) is 5.99. The first-order valence-electron chi connectivity index (χ1n) is 4.73. The van der Waals surface area contributed by atoms with Crippen molar-refractivity contribution in [2.45, 2.75) is 6.54 Å². The van der Waals surface area contributed by atoms with Crippen LogP contribution in [-0.2, 0) is 6.54 Å². The number of hydrogen-bond acceptors (Lipinski definition) is 5. The molecule has 0 saturated carbocycles. The van der Waals surface area contributed by atoms with Gasteiger partial charge in [-0.15, -0.1) is 11.3 Å². The van der Waals surface area contributed by atoms with E-state index in [1.54, 1.807) is 11.7 Å². The maximum Gasteiger partial charge on any atom is 0.253 e. The minimum Gasteiger partial charge on any atom is -0.384 e. The normalized spacial score (nSPS) is 10.2. The molecule has 3 N–H and O–H groups in total. The van der Waals surface area contributed by atoms with Crippen LogP contribution in [0.4, 0.5) is 5.82 Å². The van der Waals surface area contributed by atoms with Gasteiger partial charge in [-0.25, -0.2) is 4.98 Å². The second-order valence-electron chi connectivity index (χ2n) is 3.24. The molecule has 0 aliphatic carbocycles. The van der Waals surface area contributed by atoms with Crippen molar-refractivity contribution in [3.63, 3.8) is 0 Å². The molecule has 0 bridgehead atoms. The van der Waals surface area contributed by atoms with E-state index in [-0.39, 0.29) is 16.7 Å². The molecule has 0 radical (unpaired) electrons. The number of nitrogen functional groups attached to an aromatic ring is 1. The molecule has 88 valence electrons. The van der Waals surface area contributed by atoms with Crippen LogP contribution >= 0.6 is 22.9 Å². The minimum absolute atomic E-state index is 0.261. The lowest BCUT2D eigenvalue weighted by molar-refractivity contribution is 0.0951. The van der Waals surface area contributed by atoms with Crippen LogP contribution < -0.4 is 11.1 Å². The lowest BCUT2D eigenvalue weighted by Crippen LogP contribution is -2.23. The number of carbonyl (C=O) groups is 1. The molecular weight excluding hydrogens is 260 g/mol. The fourth-order valence-corrected chi connectivity index (χ4v) is 1.94. The molecule has 0 unspecified atom stereocenters. The third-order valence-electron chi connectivity index (χ3n) is 2.03. The fourth-order valence-electron chi connectivity index (χ4n) is 1.22. The van der Waals surface area contributed by atoms with Crippen LogP contribution in [0.5, 0.6) is 0 Å². The Labute approximate surface area is 107 Å². The molecule has 7 heteroatoms. The predicted molar refractivity (Wildman–Crippen MR) is 66.9 cm³/mol. The number of nitrogens with zero attached hydrogens (tertiary/aromatic N) is 2. The summed E-state index contributed by atoms with van der Waals surface area (Å²) in [6.45, 7) is 0.419. The molecule has 0 aromatic carbocycles. The standard InChI is InChI=1S/C10H9ClN4OS/c11-8-4-14-9(12)1-7(8)10(16)15-3-6-2-13-5-17-6/h1-2,4-5H,3H2,(H2,12,14)(H,15,16). The zero-order valence-electron chi connectivity index (χ0n) is 8.68. The lowest BCUT2D eigenvalue weighted by atomic mass is 10.2. The van der Waals surface area contributed by atoms with Gasteiger partial charge in [0.2, 0.25) is 0 Å². The molecule has 17 heavy (non-hydrogen) atoms. The molecule has 0 aliphatic rings. The number of anilines is 1. The maximum atomic E-state index is 11.8. The Morgan fingerprint density at radius 3 is 3.06 bits per heavy atom. The van der Waals surface area contributed by atoms with E-state index in [1.807, 2.05) is 0 Å². The third-order valence-corrected chi connectivity index (χ3v) is 3.11. The van der Waals surface area contributed by atoms with Gasteiger partial charge >= 0.3 is 0 Å². The van der Waals surface area contributed by atoms with Crippen molar-refractivity contribution in [1.29, 1.82) is 0 Å². The number of carbonyl (C=O) groups excluding carboxylic acids is 1. The number of rotatable bonds is 3. The summed E-state index contributed by atoms with van der Waals surface area (Å²) in [5.41, 5.74) is 7.53. The number of aromatic nitrogens is 2. The largest absolute Gasteiger partial charge is 0.384 e. The van der Waals surface area contributed by atoms with E-state index in [2.05, 4.69) is 15.3 Å². The number of pyridine rings is 1. The van der Waals surface area contributed by atoms with E-state index in [9.17, 15) is 4.79 Å². The first-order chi connectivity index (χ1) is 8.16. The molecule has 1 amide bonds. The highest BCUT2D eigenvalue weighted by Gasteiger charge is 2.11. The van der Waals surface area contributed by atoms with Crippen molar-refractivity contribution < 1.29 is 4.79 Å². The number of nitrogens with two attached hydrogens (primary N) is 1. The fraction of sp³-hybridized carbons (Fsp3) is 0.100. The van der Waals surface area contributed by atoms with Crippen LogP contribution in [0, 0.1) is 0 Å². The molecule has 0 saturated heterocycles. The molecule has 0 fully saturated rings. The van der Waals surface area contributed by atoms with Crippen LogP contribution in [0.15, 0.2) is 24.0 Å². The van der Waals surface area contributed by atoms with E-state index >= 15 is 0 Å². The summed E-state index contributed by atoms with van der Waals surface area (Å²) >= 11 is 7.33. The van der Waals surface area contributed by atoms with Gasteiger partial charge in [-0.2, -0.15) is 0 Å². The lowest BCUT2D eigenvalue weighted by Gasteiger charge is -2.05. The van der Waals surface area contributed by atoms with E-state index in [1.165, 1.54) is 23.6 Å². The SMILES string of the molecule is Nc1cc(C(=O)NCc2cncs2)c(Cl)cn1. The molecule has 0 atom stereocenters. The summed E-state index contributed by atoms with van der Waals surface area (Å²) in [5.74, 6) is -0.0187. The number of thiazole rings is 1. The molecule has 0 aliphatic heterocycles. The zero-order valence-corrected chi connectivity index (χ0v) is 10.3. The zero-order chi connectivity index (χ0) is 12.3. The summed E-state index contributed by atoms with van der Waals surface area (Å²) in [6, 6.07) is 1.45. The topological polar surface area (TPSA) is 80.9 Å². The van der Waals surface area contributed by atoms with Gasteiger partial charge < -0.3 is 11.1 Å². The van der Waals surface area contributed by atoms with Gasteiger partial charge in [0, 0.05) is 17.3 Å². The predicted octanol–water partition coefficient (Wildman–Crippen LogP) is 1.70. The monoisotopic (exact) mass is 268 g/mol. The highest BCUT2D eigenvalue weighted by Crippen LogP contribution is 2.16. The van der Waals surface area contributed by atoms with Crippen molar-refractivity contribution in [3.05, 3.63) is 39.4 Å². The van der Waals surface area contributed by atoms with Gasteiger partial charge in [0.1, 0.15) is 5.82 Å².